The number of rotatable bonds is 11. The van der Waals surface area contributed by atoms with E-state index in [1.165, 1.54) is 57.8 Å². The number of unbranched alkanes of at least 4 members (excludes halogenated alkanes) is 6. The molecule has 0 aliphatic carbocycles. The summed E-state index contributed by atoms with van der Waals surface area (Å²) in [6.07, 6.45) is 14.4. The van der Waals surface area contributed by atoms with Crippen LogP contribution in [-0.2, 0) is 0 Å². The van der Waals surface area contributed by atoms with Gasteiger partial charge in [0.1, 0.15) is 0 Å². The molecule has 0 aromatic carbocycles. The van der Waals surface area contributed by atoms with Gasteiger partial charge in [-0.25, -0.2) is 0 Å². The second-order valence-corrected chi connectivity index (χ2v) is 4.93. The fourth-order valence-electron chi connectivity index (χ4n) is 2.25. The van der Waals surface area contributed by atoms with Crippen LogP contribution in [0.3, 0.4) is 0 Å². The minimum absolute atomic E-state index is 0.947. The molecule has 17 heavy (non-hydrogen) atoms. The summed E-state index contributed by atoms with van der Waals surface area (Å²) >= 11 is 0. The fraction of sp³-hybridized carbons (Fsp3) is 0.765. The van der Waals surface area contributed by atoms with Crippen molar-refractivity contribution in [1.82, 2.24) is 0 Å². The monoisotopic (exact) mass is 234 g/mol. The molecule has 98 valence electrons. The summed E-state index contributed by atoms with van der Waals surface area (Å²) in [5.74, 6) is 6.70. The van der Waals surface area contributed by atoms with Gasteiger partial charge in [-0.2, -0.15) is 0 Å². The Bertz CT molecular complexity index is 194. The third kappa shape index (κ3) is 11.8. The molecule has 0 N–H and O–H groups in total. The Balaban J connectivity index is 3.38. The van der Waals surface area contributed by atoms with E-state index in [0.717, 1.165) is 18.8 Å². The van der Waals surface area contributed by atoms with Crippen LogP contribution in [0.15, 0.2) is 0 Å². The Morgan fingerprint density at radius 3 is 2.18 bits per heavy atom. The van der Waals surface area contributed by atoms with E-state index >= 15 is 0 Å². The van der Waals surface area contributed by atoms with Crippen molar-refractivity contribution in [2.75, 3.05) is 0 Å². The van der Waals surface area contributed by atoms with Crippen molar-refractivity contribution < 1.29 is 0 Å². The summed E-state index contributed by atoms with van der Waals surface area (Å²) in [5, 5.41) is 0. The second-order valence-electron chi connectivity index (χ2n) is 4.93. The molecule has 0 rings (SSSR count). The molecule has 0 bridgehead atoms. The Morgan fingerprint density at radius 2 is 1.59 bits per heavy atom. The van der Waals surface area contributed by atoms with Crippen LogP contribution >= 0.6 is 0 Å². The number of hydrogen-bond acceptors (Lipinski definition) is 0. The van der Waals surface area contributed by atoms with Crippen LogP contribution in [0.2, 0.25) is 0 Å². The van der Waals surface area contributed by atoms with Gasteiger partial charge in [-0.3, -0.25) is 0 Å². The minimum Gasteiger partial charge on any atom is -0.103 e. The maximum Gasteiger partial charge on any atom is 0.0198 e. The predicted molar refractivity (Wildman–Crippen MR) is 78.4 cm³/mol. The molecule has 1 unspecified atom stereocenters. The highest BCUT2D eigenvalue weighted by Gasteiger charge is 2.05. The first-order chi connectivity index (χ1) is 8.35. The zero-order chi connectivity index (χ0) is 12.8. The van der Waals surface area contributed by atoms with Gasteiger partial charge in [0.2, 0.25) is 0 Å². The summed E-state index contributed by atoms with van der Waals surface area (Å²) in [6.45, 7) is 9.75. The van der Waals surface area contributed by atoms with Crippen molar-refractivity contribution in [1.29, 1.82) is 0 Å². The Labute approximate surface area is 110 Å². The maximum absolute atomic E-state index is 3.88. The molecule has 0 nitrogen and oxygen atoms in total. The molecule has 0 heteroatoms. The summed E-state index contributed by atoms with van der Waals surface area (Å²) in [6, 6.07) is 0. The molecular weight excluding hydrogens is 204 g/mol. The average Bonchev–Trinajstić information content (AvgIpc) is 2.36. The minimum atomic E-state index is 0.947. The SMILES string of the molecule is [CH2]C#CCCCCC(CC)CCCCCC[CH2]. The molecule has 1 atom stereocenters. The maximum atomic E-state index is 3.88. The molecule has 0 spiro atoms. The summed E-state index contributed by atoms with van der Waals surface area (Å²) in [5.41, 5.74) is 0. The van der Waals surface area contributed by atoms with Gasteiger partial charge >= 0.3 is 0 Å². The van der Waals surface area contributed by atoms with Crippen LogP contribution < -0.4 is 0 Å². The first-order valence-electron chi connectivity index (χ1n) is 7.39. The lowest BCUT2D eigenvalue weighted by Gasteiger charge is -2.14. The molecule has 0 aliphatic rings. The van der Waals surface area contributed by atoms with Gasteiger partial charge in [0, 0.05) is 13.3 Å². The van der Waals surface area contributed by atoms with Gasteiger partial charge in [-0.15, -0.1) is 11.8 Å². The largest absolute Gasteiger partial charge is 0.103 e. The highest BCUT2D eigenvalue weighted by molar-refractivity contribution is 5.00. The normalized spacial score (nSPS) is 11.9. The summed E-state index contributed by atoms with van der Waals surface area (Å²) < 4.78 is 0. The first kappa shape index (κ1) is 16.6. The lowest BCUT2D eigenvalue weighted by molar-refractivity contribution is 0.399. The van der Waals surface area contributed by atoms with E-state index in [0.29, 0.717) is 0 Å². The summed E-state index contributed by atoms with van der Waals surface area (Å²) in [4.78, 5) is 0. The van der Waals surface area contributed by atoms with Crippen LogP contribution in [0, 0.1) is 31.6 Å². The van der Waals surface area contributed by atoms with Crippen LogP contribution in [-0.4, -0.2) is 0 Å². The van der Waals surface area contributed by atoms with E-state index in [9.17, 15) is 0 Å². The van der Waals surface area contributed by atoms with Crippen molar-refractivity contribution in [2.24, 2.45) is 5.92 Å². The van der Waals surface area contributed by atoms with E-state index in [4.69, 9.17) is 0 Å². The zero-order valence-corrected chi connectivity index (χ0v) is 11.8. The summed E-state index contributed by atoms with van der Waals surface area (Å²) in [7, 11) is 0. The van der Waals surface area contributed by atoms with Crippen molar-refractivity contribution in [2.45, 2.75) is 77.6 Å². The van der Waals surface area contributed by atoms with Crippen molar-refractivity contribution >= 4 is 0 Å². The van der Waals surface area contributed by atoms with Crippen LogP contribution in [0.4, 0.5) is 0 Å². The Morgan fingerprint density at radius 1 is 0.941 bits per heavy atom. The molecule has 0 aromatic rings. The standard InChI is InChI=1S/C17H30/c1-4-7-9-11-13-15-17(6-3)16-14-12-10-8-5-2/h17H,1-2,4,6-7,9-16H2,3H3. The van der Waals surface area contributed by atoms with E-state index in [-0.39, 0.29) is 0 Å². The third-order valence-corrected chi connectivity index (χ3v) is 3.48. The zero-order valence-electron chi connectivity index (χ0n) is 11.8. The second kappa shape index (κ2) is 13.6. The van der Waals surface area contributed by atoms with Gasteiger partial charge in [-0.05, 0) is 12.3 Å². The van der Waals surface area contributed by atoms with Crippen LogP contribution in [0.25, 0.3) is 0 Å². The van der Waals surface area contributed by atoms with E-state index in [1.54, 1.807) is 0 Å². The average molecular weight is 234 g/mol. The third-order valence-electron chi connectivity index (χ3n) is 3.48. The molecule has 0 heterocycles. The lowest BCUT2D eigenvalue weighted by Crippen LogP contribution is -1.99. The van der Waals surface area contributed by atoms with Crippen molar-refractivity contribution in [3.63, 3.8) is 0 Å². The molecular formula is C17H30. The van der Waals surface area contributed by atoms with Gasteiger partial charge in [0.05, 0.1) is 0 Å². The Hall–Kier alpha value is -0.440. The van der Waals surface area contributed by atoms with Gasteiger partial charge in [0.15, 0.2) is 0 Å². The van der Waals surface area contributed by atoms with Gasteiger partial charge in [-0.1, -0.05) is 71.6 Å². The lowest BCUT2D eigenvalue weighted by atomic mass is 9.92. The molecule has 0 amide bonds. The predicted octanol–water partition coefficient (Wildman–Crippen LogP) is 5.59. The van der Waals surface area contributed by atoms with Gasteiger partial charge < -0.3 is 0 Å². The fourth-order valence-corrected chi connectivity index (χ4v) is 2.25. The van der Waals surface area contributed by atoms with Crippen LogP contribution in [0.5, 0.6) is 0 Å². The highest BCUT2D eigenvalue weighted by atomic mass is 14.1. The topological polar surface area (TPSA) is 0 Å². The molecule has 0 aliphatic heterocycles. The number of hydrogen-bond donors (Lipinski definition) is 0. The van der Waals surface area contributed by atoms with Crippen molar-refractivity contribution in [3.8, 4) is 11.8 Å². The molecule has 0 aromatic heterocycles. The quantitative estimate of drug-likeness (QED) is 0.323. The van der Waals surface area contributed by atoms with Gasteiger partial charge in [0.25, 0.3) is 0 Å². The van der Waals surface area contributed by atoms with E-state index < -0.39 is 0 Å². The first-order valence-corrected chi connectivity index (χ1v) is 7.39. The molecule has 0 saturated heterocycles. The van der Waals surface area contributed by atoms with E-state index in [1.807, 2.05) is 0 Å². The Kier molecular flexibility index (Phi) is 13.3. The van der Waals surface area contributed by atoms with Crippen molar-refractivity contribution in [3.05, 3.63) is 13.8 Å². The molecule has 2 radical (unpaired) electrons. The van der Waals surface area contributed by atoms with E-state index in [2.05, 4.69) is 32.6 Å². The smallest absolute Gasteiger partial charge is 0.0198 e. The molecule has 0 saturated carbocycles. The highest BCUT2D eigenvalue weighted by Crippen LogP contribution is 2.20. The molecule has 0 fully saturated rings. The van der Waals surface area contributed by atoms with Crippen LogP contribution in [0.1, 0.15) is 77.6 Å².